The summed E-state index contributed by atoms with van der Waals surface area (Å²) < 4.78 is 0. The van der Waals surface area contributed by atoms with Crippen molar-refractivity contribution in [3.05, 3.63) is 0 Å². The summed E-state index contributed by atoms with van der Waals surface area (Å²) in [5.74, 6) is 34.2. The van der Waals surface area contributed by atoms with Crippen molar-refractivity contribution in [1.29, 1.82) is 0 Å². The van der Waals surface area contributed by atoms with Crippen LogP contribution in [0.3, 0.4) is 0 Å². The lowest BCUT2D eigenvalue weighted by Gasteiger charge is -1.62. The first kappa shape index (κ1) is 14.6. The van der Waals surface area contributed by atoms with Crippen molar-refractivity contribution < 1.29 is 4.79 Å². The van der Waals surface area contributed by atoms with Gasteiger partial charge in [0.2, 0.25) is 5.78 Å². The molecule has 0 heterocycles. The van der Waals surface area contributed by atoms with Crippen LogP contribution in [0.2, 0.25) is 0 Å². The summed E-state index contributed by atoms with van der Waals surface area (Å²) in [5, 5.41) is 0. The summed E-state index contributed by atoms with van der Waals surface area (Å²) in [6.45, 7) is 3.05. The van der Waals surface area contributed by atoms with Gasteiger partial charge >= 0.3 is 0 Å². The molecule has 0 aromatic carbocycles. The average Bonchev–Trinajstić information content (AvgIpc) is 2.34. The van der Waals surface area contributed by atoms with E-state index in [1.54, 1.807) is 6.92 Å². The molecule has 0 bridgehead atoms. The highest BCUT2D eigenvalue weighted by Crippen LogP contribution is 1.60. The molecule has 0 aliphatic rings. The van der Waals surface area contributed by atoms with Crippen molar-refractivity contribution in [2.45, 2.75) is 13.8 Å². The second kappa shape index (κ2) is 11.7. The third-order valence-corrected chi connectivity index (χ3v) is 1.05. The Kier molecular flexibility index (Phi) is 9.45. The molecule has 0 aromatic rings. The molecular weight excluding hydrogens is 220 g/mol. The lowest BCUT2D eigenvalue weighted by atomic mass is 10.4. The van der Waals surface area contributed by atoms with E-state index in [0.717, 1.165) is 0 Å². The molecule has 0 fully saturated rings. The number of carbonyl (C=O) groups is 1. The Bertz CT molecular complexity index is 745. The van der Waals surface area contributed by atoms with Crippen LogP contribution in [0.1, 0.15) is 13.8 Å². The lowest BCUT2D eigenvalue weighted by Crippen LogP contribution is -1.78. The summed E-state index contributed by atoms with van der Waals surface area (Å²) >= 11 is 0. The Morgan fingerprint density at radius 2 is 0.944 bits per heavy atom. The predicted octanol–water partition coefficient (Wildman–Crippen LogP) is 0.619. The molecule has 1 nitrogen and oxygen atoms in total. The fourth-order valence-electron chi connectivity index (χ4n) is 0.494. The van der Waals surface area contributed by atoms with Crippen molar-refractivity contribution in [2.24, 2.45) is 0 Å². The first-order valence-electron chi connectivity index (χ1n) is 4.70. The van der Waals surface area contributed by atoms with Crippen molar-refractivity contribution in [1.82, 2.24) is 0 Å². The van der Waals surface area contributed by atoms with Crippen molar-refractivity contribution >= 4 is 5.78 Å². The van der Waals surface area contributed by atoms with Gasteiger partial charge < -0.3 is 0 Å². The highest BCUT2D eigenvalue weighted by Gasteiger charge is 1.74. The topological polar surface area (TPSA) is 17.1 Å². The molecule has 1 heteroatoms. The second-order valence-electron chi connectivity index (χ2n) is 2.43. The maximum atomic E-state index is 10.4. The van der Waals surface area contributed by atoms with Crippen LogP contribution < -0.4 is 0 Å². The normalized spacial score (nSPS) is 4.56. The van der Waals surface area contributed by atoms with E-state index in [1.807, 2.05) is 0 Å². The smallest absolute Gasteiger partial charge is 0.203 e. The maximum absolute atomic E-state index is 10.4. The average molecular weight is 226 g/mol. The van der Waals surface area contributed by atoms with Crippen LogP contribution in [0.15, 0.2) is 0 Å². The van der Waals surface area contributed by atoms with Crippen molar-refractivity contribution in [3.8, 4) is 82.9 Å². The monoisotopic (exact) mass is 226 g/mol. The minimum absolute atomic E-state index is 0.235. The molecule has 0 amide bonds. The van der Waals surface area contributed by atoms with Gasteiger partial charge in [0, 0.05) is 6.92 Å². The van der Waals surface area contributed by atoms with Crippen LogP contribution >= 0.6 is 0 Å². The summed E-state index contributed by atoms with van der Waals surface area (Å²) in [5.41, 5.74) is 0. The van der Waals surface area contributed by atoms with Gasteiger partial charge in [-0.3, -0.25) is 4.79 Å². The van der Waals surface area contributed by atoms with Gasteiger partial charge in [-0.2, -0.15) is 0 Å². The Balaban J connectivity index is 4.30. The number of hydrogen-bond donors (Lipinski definition) is 0. The van der Waals surface area contributed by atoms with Crippen LogP contribution in [-0.2, 0) is 4.79 Å². The molecule has 0 aromatic heterocycles. The first-order valence-corrected chi connectivity index (χ1v) is 4.70. The first-order chi connectivity index (χ1) is 8.77. The number of rotatable bonds is 0. The lowest BCUT2D eigenvalue weighted by molar-refractivity contribution is -0.111. The molecule has 0 aliphatic carbocycles. The Morgan fingerprint density at radius 3 is 1.28 bits per heavy atom. The minimum Gasteiger partial charge on any atom is -0.285 e. The minimum atomic E-state index is -0.235. The molecule has 0 spiro atoms. The number of ketones is 1. The fraction of sp³-hybridized carbons (Fsp3) is 0.118. The van der Waals surface area contributed by atoms with Gasteiger partial charge in [-0.25, -0.2) is 0 Å². The van der Waals surface area contributed by atoms with Crippen LogP contribution in [0.5, 0.6) is 0 Å². The zero-order valence-corrected chi connectivity index (χ0v) is 9.91. The third-order valence-electron chi connectivity index (χ3n) is 1.05. The van der Waals surface area contributed by atoms with E-state index in [9.17, 15) is 4.79 Å². The molecule has 0 radical (unpaired) electrons. The zero-order valence-electron chi connectivity index (χ0n) is 9.91. The van der Waals surface area contributed by atoms with Gasteiger partial charge in [0.1, 0.15) is 0 Å². The summed E-state index contributed by atoms with van der Waals surface area (Å²) in [7, 11) is 0. The third kappa shape index (κ3) is 12.6. The number of carbonyl (C=O) groups excluding carboxylic acids is 1. The Labute approximate surface area is 108 Å². The van der Waals surface area contributed by atoms with E-state index in [-0.39, 0.29) is 5.78 Å². The van der Waals surface area contributed by atoms with Crippen LogP contribution in [0.25, 0.3) is 0 Å². The molecule has 0 N–H and O–H groups in total. The molecule has 0 saturated heterocycles. The molecule has 18 heavy (non-hydrogen) atoms. The van der Waals surface area contributed by atoms with Gasteiger partial charge in [0.15, 0.2) is 0 Å². The van der Waals surface area contributed by atoms with Gasteiger partial charge in [-0.1, -0.05) is 5.92 Å². The van der Waals surface area contributed by atoms with Gasteiger partial charge in [-0.15, -0.1) is 0 Å². The predicted molar refractivity (Wildman–Crippen MR) is 70.8 cm³/mol. The zero-order chi connectivity index (χ0) is 13.5. The van der Waals surface area contributed by atoms with E-state index in [1.165, 1.54) is 6.92 Å². The van der Waals surface area contributed by atoms with Crippen molar-refractivity contribution in [2.75, 3.05) is 0 Å². The molecule has 0 unspecified atom stereocenters. The second-order valence-corrected chi connectivity index (χ2v) is 2.43. The summed E-state index contributed by atoms with van der Waals surface area (Å²) in [6, 6.07) is 0. The highest BCUT2D eigenvalue weighted by atomic mass is 16.1. The SMILES string of the molecule is CC#CC#CC#CC#CC#CC#CC#CC(C)=O. The van der Waals surface area contributed by atoms with E-state index in [0.29, 0.717) is 0 Å². The van der Waals surface area contributed by atoms with Crippen LogP contribution in [-0.4, -0.2) is 5.78 Å². The highest BCUT2D eigenvalue weighted by molar-refractivity contribution is 5.93. The molecule has 0 atom stereocenters. The van der Waals surface area contributed by atoms with Gasteiger partial charge in [0.05, 0.1) is 0 Å². The molecular formula is C17H6O. The number of Topliss-reactive ketones (excluding diaryl/α,β-unsaturated/α-hetero) is 1. The summed E-state index contributed by atoms with van der Waals surface area (Å²) in [6.07, 6.45) is 0. The van der Waals surface area contributed by atoms with E-state index < -0.39 is 0 Å². The summed E-state index contributed by atoms with van der Waals surface area (Å²) in [4.78, 5) is 10.4. The van der Waals surface area contributed by atoms with Gasteiger partial charge in [-0.05, 0) is 83.9 Å². The maximum Gasteiger partial charge on any atom is 0.203 e. The molecule has 0 rings (SSSR count). The standard InChI is InChI=1S/C17H6O/c1-3-4-5-6-7-8-9-10-11-12-13-14-15-16-17(2)18/h1-2H3. The van der Waals surface area contributed by atoms with Crippen molar-refractivity contribution in [3.63, 3.8) is 0 Å². The quantitative estimate of drug-likeness (QED) is 0.437. The largest absolute Gasteiger partial charge is 0.285 e. The Morgan fingerprint density at radius 1 is 0.611 bits per heavy atom. The van der Waals surface area contributed by atoms with E-state index in [4.69, 9.17) is 0 Å². The van der Waals surface area contributed by atoms with E-state index in [2.05, 4.69) is 82.9 Å². The molecule has 0 aliphatic heterocycles. The number of hydrogen-bond acceptors (Lipinski definition) is 1. The van der Waals surface area contributed by atoms with Gasteiger partial charge in [0.25, 0.3) is 0 Å². The fourth-order valence-corrected chi connectivity index (χ4v) is 0.494. The van der Waals surface area contributed by atoms with Crippen LogP contribution in [0.4, 0.5) is 0 Å². The Hall–Kier alpha value is -3.41. The molecule has 80 valence electrons. The molecule has 0 saturated carbocycles. The van der Waals surface area contributed by atoms with E-state index >= 15 is 0 Å². The van der Waals surface area contributed by atoms with Crippen LogP contribution in [0, 0.1) is 82.9 Å².